The molecule has 0 aromatic heterocycles. The van der Waals surface area contributed by atoms with E-state index in [1.807, 2.05) is 44.2 Å². The number of anilines is 1. The van der Waals surface area contributed by atoms with Gasteiger partial charge in [-0.25, -0.2) is 0 Å². The van der Waals surface area contributed by atoms with Gasteiger partial charge in [0.15, 0.2) is 0 Å². The van der Waals surface area contributed by atoms with Gasteiger partial charge in [-0.05, 0) is 42.5 Å². The molecule has 1 fully saturated rings. The average molecular weight is 405 g/mol. The van der Waals surface area contributed by atoms with Crippen LogP contribution in [0.25, 0.3) is 0 Å². The second kappa shape index (κ2) is 8.47. The summed E-state index contributed by atoms with van der Waals surface area (Å²) in [7, 11) is 0. The molecule has 6 heteroatoms. The molecule has 2 aromatic carbocycles. The third-order valence-corrected chi connectivity index (χ3v) is 5.33. The summed E-state index contributed by atoms with van der Waals surface area (Å²) in [6.45, 7) is 3.92. The lowest BCUT2D eigenvalue weighted by atomic mass is 9.78. The standard InChI is InChI=1S/C23H26F3NO2/c1-16(2)15-29-20-11-10-18(14-19(20)23(24,25)26)27-21(28)22(12-6-7-13-22)17-8-4-3-5-9-17/h3-5,8-11,14,16H,6-7,12-13,15H2,1-2H3,(H,27,28). The minimum atomic E-state index is -4.57. The molecule has 0 saturated heterocycles. The predicted molar refractivity (Wildman–Crippen MR) is 107 cm³/mol. The maximum atomic E-state index is 13.5. The van der Waals surface area contributed by atoms with Crippen LogP contribution in [-0.2, 0) is 16.4 Å². The van der Waals surface area contributed by atoms with Crippen LogP contribution in [0.1, 0.15) is 50.7 Å². The number of halogens is 3. The number of carbonyl (C=O) groups is 1. The Bertz CT molecular complexity index is 841. The first-order valence-electron chi connectivity index (χ1n) is 9.93. The Balaban J connectivity index is 1.88. The highest BCUT2D eigenvalue weighted by atomic mass is 19.4. The summed E-state index contributed by atoms with van der Waals surface area (Å²) in [5, 5.41) is 2.73. The van der Waals surface area contributed by atoms with Gasteiger partial charge in [0, 0.05) is 5.69 Å². The lowest BCUT2D eigenvalue weighted by Crippen LogP contribution is -2.38. The zero-order valence-electron chi connectivity index (χ0n) is 16.7. The first kappa shape index (κ1) is 21.2. The Morgan fingerprint density at radius 2 is 1.76 bits per heavy atom. The van der Waals surface area contributed by atoms with Crippen molar-refractivity contribution in [3.63, 3.8) is 0 Å². The normalized spacial score (nSPS) is 16.1. The quantitative estimate of drug-likeness (QED) is 0.622. The van der Waals surface area contributed by atoms with Crippen LogP contribution in [0.15, 0.2) is 48.5 Å². The van der Waals surface area contributed by atoms with Gasteiger partial charge in [-0.3, -0.25) is 4.79 Å². The van der Waals surface area contributed by atoms with Gasteiger partial charge in [-0.1, -0.05) is 57.0 Å². The largest absolute Gasteiger partial charge is 0.493 e. The minimum Gasteiger partial charge on any atom is -0.493 e. The monoisotopic (exact) mass is 405 g/mol. The van der Waals surface area contributed by atoms with Crippen LogP contribution in [0.4, 0.5) is 18.9 Å². The van der Waals surface area contributed by atoms with E-state index in [-0.39, 0.29) is 29.9 Å². The van der Waals surface area contributed by atoms with E-state index in [0.29, 0.717) is 12.8 Å². The maximum Gasteiger partial charge on any atom is 0.420 e. The van der Waals surface area contributed by atoms with E-state index in [9.17, 15) is 18.0 Å². The van der Waals surface area contributed by atoms with E-state index in [0.717, 1.165) is 24.5 Å². The van der Waals surface area contributed by atoms with E-state index in [1.165, 1.54) is 12.1 Å². The molecule has 0 unspecified atom stereocenters. The minimum absolute atomic E-state index is 0.101. The van der Waals surface area contributed by atoms with Crippen LogP contribution in [-0.4, -0.2) is 12.5 Å². The number of benzene rings is 2. The molecular formula is C23H26F3NO2. The molecule has 1 amide bonds. The Labute approximate surface area is 169 Å². The molecule has 156 valence electrons. The van der Waals surface area contributed by atoms with E-state index in [2.05, 4.69) is 5.32 Å². The lowest BCUT2D eigenvalue weighted by Gasteiger charge is -2.28. The van der Waals surface area contributed by atoms with Crippen LogP contribution in [0.3, 0.4) is 0 Å². The van der Waals surface area contributed by atoms with E-state index >= 15 is 0 Å². The molecule has 0 heterocycles. The van der Waals surface area contributed by atoms with Crippen molar-refractivity contribution in [1.29, 1.82) is 0 Å². The maximum absolute atomic E-state index is 13.5. The van der Waals surface area contributed by atoms with Gasteiger partial charge in [0.2, 0.25) is 5.91 Å². The number of rotatable bonds is 6. The molecule has 0 atom stereocenters. The van der Waals surface area contributed by atoms with Crippen molar-refractivity contribution in [3.8, 4) is 5.75 Å². The summed E-state index contributed by atoms with van der Waals surface area (Å²) in [6, 6.07) is 13.2. The van der Waals surface area contributed by atoms with Gasteiger partial charge in [-0.2, -0.15) is 13.2 Å². The Morgan fingerprint density at radius 1 is 1.10 bits per heavy atom. The number of carbonyl (C=O) groups excluding carboxylic acids is 1. The van der Waals surface area contributed by atoms with Crippen LogP contribution in [0, 0.1) is 5.92 Å². The number of amides is 1. The third-order valence-electron chi connectivity index (χ3n) is 5.33. The van der Waals surface area contributed by atoms with Gasteiger partial charge in [0.25, 0.3) is 0 Å². The van der Waals surface area contributed by atoms with Crippen molar-refractivity contribution in [1.82, 2.24) is 0 Å². The summed E-state index contributed by atoms with van der Waals surface area (Å²) in [5.74, 6) is -0.378. The van der Waals surface area contributed by atoms with E-state index < -0.39 is 17.2 Å². The van der Waals surface area contributed by atoms with Gasteiger partial charge in [-0.15, -0.1) is 0 Å². The van der Waals surface area contributed by atoms with Gasteiger partial charge >= 0.3 is 6.18 Å². The van der Waals surface area contributed by atoms with Gasteiger partial charge in [0.05, 0.1) is 17.6 Å². The number of hydrogen-bond acceptors (Lipinski definition) is 2. The van der Waals surface area contributed by atoms with Crippen molar-refractivity contribution in [2.45, 2.75) is 51.1 Å². The predicted octanol–water partition coefficient (Wildman–Crippen LogP) is 6.19. The molecule has 1 saturated carbocycles. The summed E-state index contributed by atoms with van der Waals surface area (Å²) < 4.78 is 46.0. The molecule has 0 radical (unpaired) electrons. The second-order valence-corrected chi connectivity index (χ2v) is 8.02. The van der Waals surface area contributed by atoms with Crippen LogP contribution in [0.5, 0.6) is 5.75 Å². The van der Waals surface area contributed by atoms with Crippen molar-refractivity contribution < 1.29 is 22.7 Å². The Kier molecular flexibility index (Phi) is 6.20. The first-order chi connectivity index (χ1) is 13.7. The number of hydrogen-bond donors (Lipinski definition) is 1. The highest BCUT2D eigenvalue weighted by Gasteiger charge is 2.43. The highest BCUT2D eigenvalue weighted by Crippen LogP contribution is 2.43. The molecule has 29 heavy (non-hydrogen) atoms. The smallest absolute Gasteiger partial charge is 0.420 e. The molecule has 1 aliphatic rings. The van der Waals surface area contributed by atoms with Gasteiger partial charge in [0.1, 0.15) is 5.75 Å². The molecular weight excluding hydrogens is 379 g/mol. The summed E-state index contributed by atoms with van der Waals surface area (Å²) in [6.07, 6.45) is -1.37. The van der Waals surface area contributed by atoms with Crippen LogP contribution < -0.4 is 10.1 Å². The topological polar surface area (TPSA) is 38.3 Å². The molecule has 1 aliphatic carbocycles. The number of nitrogens with one attached hydrogen (secondary N) is 1. The van der Waals surface area contributed by atoms with E-state index in [1.54, 1.807) is 0 Å². The van der Waals surface area contributed by atoms with Crippen molar-refractivity contribution in [2.24, 2.45) is 5.92 Å². The fraction of sp³-hybridized carbons (Fsp3) is 0.435. The fourth-order valence-electron chi connectivity index (χ4n) is 3.84. The number of alkyl halides is 3. The lowest BCUT2D eigenvalue weighted by molar-refractivity contribution is -0.139. The molecule has 2 aromatic rings. The Morgan fingerprint density at radius 3 is 2.34 bits per heavy atom. The first-order valence-corrected chi connectivity index (χ1v) is 9.93. The third kappa shape index (κ3) is 4.74. The Hall–Kier alpha value is -2.50. The molecule has 3 nitrogen and oxygen atoms in total. The zero-order valence-corrected chi connectivity index (χ0v) is 16.7. The highest BCUT2D eigenvalue weighted by molar-refractivity contribution is 5.99. The summed E-state index contributed by atoms with van der Waals surface area (Å²) in [4.78, 5) is 13.2. The average Bonchev–Trinajstić information content (AvgIpc) is 3.18. The number of ether oxygens (including phenoxy) is 1. The van der Waals surface area contributed by atoms with Crippen molar-refractivity contribution in [3.05, 3.63) is 59.7 Å². The second-order valence-electron chi connectivity index (χ2n) is 8.02. The molecule has 0 aliphatic heterocycles. The molecule has 0 spiro atoms. The van der Waals surface area contributed by atoms with Gasteiger partial charge < -0.3 is 10.1 Å². The zero-order chi connectivity index (χ0) is 21.1. The summed E-state index contributed by atoms with van der Waals surface area (Å²) in [5.41, 5.74) is -0.549. The molecule has 0 bridgehead atoms. The van der Waals surface area contributed by atoms with Crippen LogP contribution in [0.2, 0.25) is 0 Å². The molecule has 1 N–H and O–H groups in total. The van der Waals surface area contributed by atoms with Crippen LogP contribution >= 0.6 is 0 Å². The van der Waals surface area contributed by atoms with Crippen molar-refractivity contribution in [2.75, 3.05) is 11.9 Å². The van der Waals surface area contributed by atoms with Crippen molar-refractivity contribution >= 4 is 11.6 Å². The fourth-order valence-corrected chi connectivity index (χ4v) is 3.84. The van der Waals surface area contributed by atoms with E-state index in [4.69, 9.17) is 4.74 Å². The summed E-state index contributed by atoms with van der Waals surface area (Å²) >= 11 is 0. The molecule has 3 rings (SSSR count). The SMILES string of the molecule is CC(C)COc1ccc(NC(=O)C2(c3ccccc3)CCCC2)cc1C(F)(F)F.